The molecule has 2 heterocycles. The molecular weight excluding hydrogens is 350 g/mol. The van der Waals surface area contributed by atoms with Gasteiger partial charge < -0.3 is 5.11 Å². The van der Waals surface area contributed by atoms with Crippen LogP contribution in [-0.4, -0.2) is 26.0 Å². The molecule has 2 aromatic heterocycles. The molecule has 0 radical (unpaired) electrons. The quantitative estimate of drug-likeness (QED) is 0.663. The molecule has 7 nitrogen and oxygen atoms in total. The number of aromatic carboxylic acids is 1. The molecule has 0 unspecified atom stereocenters. The molecule has 1 N–H and O–H groups in total. The third-order valence-electron chi connectivity index (χ3n) is 2.19. The van der Waals surface area contributed by atoms with E-state index in [4.69, 9.17) is 5.11 Å². The lowest BCUT2D eigenvalue weighted by molar-refractivity contribution is -0.388. The molecule has 0 amide bonds. The minimum atomic E-state index is -1.27. The predicted molar refractivity (Wildman–Crippen MR) is 73.9 cm³/mol. The molecule has 0 aliphatic heterocycles. The molecule has 0 aromatic carbocycles. The molecule has 2 aromatic rings. The summed E-state index contributed by atoms with van der Waals surface area (Å²) in [6, 6.07) is 4.44. The summed E-state index contributed by atoms with van der Waals surface area (Å²) in [5.74, 6) is -1.27. The molecule has 2 rings (SSSR count). The Morgan fingerprint density at radius 3 is 2.75 bits per heavy atom. The number of carbonyl (C=O) groups is 1. The Bertz CT molecular complexity index is 695. The number of nitrogens with zero attached hydrogens (tertiary/aromatic N) is 3. The molecule has 0 spiro atoms. The van der Waals surface area contributed by atoms with Gasteiger partial charge in [-0.1, -0.05) is 0 Å². The van der Waals surface area contributed by atoms with Crippen molar-refractivity contribution in [2.75, 3.05) is 0 Å². The average Bonchev–Trinajstić information content (AvgIpc) is 2.41. The smallest absolute Gasteiger partial charge is 0.337 e. The van der Waals surface area contributed by atoms with Gasteiger partial charge in [0.15, 0.2) is 5.03 Å². The van der Waals surface area contributed by atoms with E-state index in [-0.39, 0.29) is 16.3 Å². The zero-order valence-electron chi connectivity index (χ0n) is 9.69. The number of carboxylic acid groups (broad SMARTS) is 1. The highest BCUT2D eigenvalue weighted by Crippen LogP contribution is 2.35. The third kappa shape index (κ3) is 3.11. The summed E-state index contributed by atoms with van der Waals surface area (Å²) in [5.41, 5.74) is -0.603. The highest BCUT2D eigenvalue weighted by molar-refractivity contribution is 9.10. The van der Waals surface area contributed by atoms with E-state index in [1.54, 1.807) is 18.3 Å². The van der Waals surface area contributed by atoms with Gasteiger partial charge in [-0.25, -0.2) is 14.8 Å². The van der Waals surface area contributed by atoms with Crippen LogP contribution >= 0.6 is 27.7 Å². The largest absolute Gasteiger partial charge is 0.478 e. The number of carboxylic acids is 1. The van der Waals surface area contributed by atoms with Crippen molar-refractivity contribution in [3.63, 3.8) is 0 Å². The lowest BCUT2D eigenvalue weighted by Gasteiger charge is -2.04. The van der Waals surface area contributed by atoms with Crippen molar-refractivity contribution < 1.29 is 14.8 Å². The van der Waals surface area contributed by atoms with Crippen molar-refractivity contribution in [1.82, 2.24) is 9.97 Å². The number of hydrogen-bond acceptors (Lipinski definition) is 6. The Morgan fingerprint density at radius 1 is 1.40 bits per heavy atom. The highest BCUT2D eigenvalue weighted by atomic mass is 79.9. The van der Waals surface area contributed by atoms with Gasteiger partial charge in [-0.2, -0.15) is 0 Å². The van der Waals surface area contributed by atoms with Crippen LogP contribution in [0.15, 0.2) is 45.1 Å². The Labute approximate surface area is 125 Å². The molecule has 20 heavy (non-hydrogen) atoms. The van der Waals surface area contributed by atoms with E-state index < -0.39 is 10.9 Å². The van der Waals surface area contributed by atoms with Crippen molar-refractivity contribution in [2.24, 2.45) is 0 Å². The second-order valence-corrected chi connectivity index (χ2v) is 5.33. The minimum absolute atomic E-state index is 0.0828. The lowest BCUT2D eigenvalue weighted by Crippen LogP contribution is -2.01. The van der Waals surface area contributed by atoms with Gasteiger partial charge >= 0.3 is 11.7 Å². The molecule has 102 valence electrons. The van der Waals surface area contributed by atoms with E-state index in [1.807, 2.05) is 0 Å². The van der Waals surface area contributed by atoms with Gasteiger partial charge in [-0.05, 0) is 39.8 Å². The average molecular weight is 356 g/mol. The Morgan fingerprint density at radius 2 is 2.15 bits per heavy atom. The van der Waals surface area contributed by atoms with Crippen LogP contribution in [0.25, 0.3) is 0 Å². The van der Waals surface area contributed by atoms with Gasteiger partial charge in [0.05, 0.1) is 15.0 Å². The number of halogens is 1. The summed E-state index contributed by atoms with van der Waals surface area (Å²) >= 11 is 4.26. The maximum absolute atomic E-state index is 11.0. The summed E-state index contributed by atoms with van der Waals surface area (Å²) in [5, 5.41) is 20.4. The first-order valence-electron chi connectivity index (χ1n) is 5.15. The fraction of sp³-hybridized carbons (Fsp3) is 0. The fourth-order valence-electron chi connectivity index (χ4n) is 1.30. The summed E-state index contributed by atoms with van der Waals surface area (Å²) in [6.07, 6.45) is 2.62. The van der Waals surface area contributed by atoms with Gasteiger partial charge in [0, 0.05) is 18.5 Å². The van der Waals surface area contributed by atoms with Gasteiger partial charge in [-0.3, -0.25) is 10.1 Å². The summed E-state index contributed by atoms with van der Waals surface area (Å²) in [6.45, 7) is 0. The highest BCUT2D eigenvalue weighted by Gasteiger charge is 2.20. The van der Waals surface area contributed by atoms with Gasteiger partial charge in [0.1, 0.15) is 5.03 Å². The summed E-state index contributed by atoms with van der Waals surface area (Å²) < 4.78 is 0.670. The van der Waals surface area contributed by atoms with Crippen LogP contribution in [0.4, 0.5) is 5.69 Å². The summed E-state index contributed by atoms with van der Waals surface area (Å²) in [4.78, 5) is 29.0. The molecular formula is C11H6BrN3O4S. The van der Waals surface area contributed by atoms with Crippen LogP contribution in [-0.2, 0) is 0 Å². The Hall–Kier alpha value is -2.00. The number of nitro groups is 1. The number of hydrogen-bond donors (Lipinski definition) is 1. The molecule has 0 aliphatic rings. The fourth-order valence-corrected chi connectivity index (χ4v) is 2.61. The van der Waals surface area contributed by atoms with E-state index >= 15 is 0 Å². The monoisotopic (exact) mass is 355 g/mol. The van der Waals surface area contributed by atoms with Crippen molar-refractivity contribution >= 4 is 39.3 Å². The second kappa shape index (κ2) is 5.97. The van der Waals surface area contributed by atoms with E-state index in [2.05, 4.69) is 25.9 Å². The van der Waals surface area contributed by atoms with Crippen LogP contribution in [0.2, 0.25) is 0 Å². The van der Waals surface area contributed by atoms with E-state index in [1.165, 1.54) is 0 Å². The number of rotatable bonds is 4. The maximum atomic E-state index is 11.0. The van der Waals surface area contributed by atoms with E-state index in [0.29, 0.717) is 9.50 Å². The van der Waals surface area contributed by atoms with Crippen LogP contribution in [0.5, 0.6) is 0 Å². The van der Waals surface area contributed by atoms with Crippen molar-refractivity contribution in [1.29, 1.82) is 0 Å². The van der Waals surface area contributed by atoms with Crippen LogP contribution in [0.1, 0.15) is 10.4 Å². The second-order valence-electron chi connectivity index (χ2n) is 3.50. The standard InChI is InChI=1S/C11H6BrN3O4S/c12-7-2-1-3-13-9(7)20-10-8(15(18)19)4-6(5-14-10)11(16)17/h1-5H,(H,16,17). The van der Waals surface area contributed by atoms with E-state index in [9.17, 15) is 14.9 Å². The number of pyridine rings is 2. The molecule has 0 aliphatic carbocycles. The zero-order chi connectivity index (χ0) is 14.7. The van der Waals surface area contributed by atoms with Crippen molar-refractivity contribution in [3.05, 3.63) is 50.7 Å². The van der Waals surface area contributed by atoms with Gasteiger partial charge in [0.25, 0.3) is 0 Å². The first kappa shape index (κ1) is 14.4. The third-order valence-corrected chi connectivity index (χ3v) is 4.12. The number of aromatic nitrogens is 2. The summed E-state index contributed by atoms with van der Waals surface area (Å²) in [7, 11) is 0. The minimum Gasteiger partial charge on any atom is -0.478 e. The molecule has 9 heteroatoms. The Kier molecular flexibility index (Phi) is 4.30. The first-order valence-corrected chi connectivity index (χ1v) is 6.76. The maximum Gasteiger partial charge on any atom is 0.337 e. The zero-order valence-corrected chi connectivity index (χ0v) is 12.1. The Balaban J connectivity index is 2.44. The van der Waals surface area contributed by atoms with Gasteiger partial charge in [0.2, 0.25) is 0 Å². The van der Waals surface area contributed by atoms with Crippen LogP contribution in [0, 0.1) is 10.1 Å². The van der Waals surface area contributed by atoms with Crippen LogP contribution < -0.4 is 0 Å². The van der Waals surface area contributed by atoms with Crippen LogP contribution in [0.3, 0.4) is 0 Å². The normalized spacial score (nSPS) is 10.2. The van der Waals surface area contributed by atoms with Crippen molar-refractivity contribution in [2.45, 2.75) is 10.1 Å². The van der Waals surface area contributed by atoms with Gasteiger partial charge in [-0.15, -0.1) is 0 Å². The predicted octanol–water partition coefficient (Wildman–Crippen LogP) is 3.00. The first-order chi connectivity index (χ1) is 9.49. The molecule has 0 saturated carbocycles. The lowest BCUT2D eigenvalue weighted by atomic mass is 10.3. The molecule has 0 fully saturated rings. The topological polar surface area (TPSA) is 106 Å². The van der Waals surface area contributed by atoms with Crippen molar-refractivity contribution in [3.8, 4) is 0 Å². The van der Waals surface area contributed by atoms with E-state index in [0.717, 1.165) is 24.0 Å². The molecule has 0 atom stereocenters. The molecule has 0 saturated heterocycles. The SMILES string of the molecule is O=C(O)c1cnc(Sc2ncccc2Br)c([N+](=O)[O-])c1. The molecule has 0 bridgehead atoms.